The van der Waals surface area contributed by atoms with Crippen LogP contribution in [0.5, 0.6) is 5.75 Å². The highest BCUT2D eigenvalue weighted by Crippen LogP contribution is 2.22. The van der Waals surface area contributed by atoms with E-state index < -0.39 is 0 Å². The van der Waals surface area contributed by atoms with Gasteiger partial charge >= 0.3 is 0 Å². The summed E-state index contributed by atoms with van der Waals surface area (Å²) in [4.78, 5) is 2.21. The predicted molar refractivity (Wildman–Crippen MR) is 65.8 cm³/mol. The second-order valence-electron chi connectivity index (χ2n) is 4.09. The van der Waals surface area contributed by atoms with Crippen LogP contribution in [0.2, 0.25) is 0 Å². The van der Waals surface area contributed by atoms with E-state index in [-0.39, 0.29) is 6.04 Å². The Labute approximate surface area is 102 Å². The van der Waals surface area contributed by atoms with E-state index in [2.05, 4.69) is 16.3 Å². The van der Waals surface area contributed by atoms with Crippen molar-refractivity contribution in [2.75, 3.05) is 33.3 Å². The normalized spacial score (nSPS) is 18.4. The Morgan fingerprint density at radius 1 is 1.29 bits per heavy atom. The molecule has 0 spiro atoms. The summed E-state index contributed by atoms with van der Waals surface area (Å²) in [7, 11) is 1.65. The summed E-state index contributed by atoms with van der Waals surface area (Å²) in [5.74, 6) is 0.825. The van der Waals surface area contributed by atoms with Crippen LogP contribution in [0, 0.1) is 11.3 Å². The van der Waals surface area contributed by atoms with Crippen molar-refractivity contribution in [3.05, 3.63) is 29.8 Å². The van der Waals surface area contributed by atoms with Gasteiger partial charge < -0.3 is 10.1 Å². The fourth-order valence-corrected chi connectivity index (χ4v) is 2.09. The monoisotopic (exact) mass is 231 g/mol. The lowest BCUT2D eigenvalue weighted by Gasteiger charge is -2.31. The highest BCUT2D eigenvalue weighted by Gasteiger charge is 2.21. The molecular formula is C13H17N3O. The van der Waals surface area contributed by atoms with Gasteiger partial charge in [-0.25, -0.2) is 0 Å². The van der Waals surface area contributed by atoms with Gasteiger partial charge in [-0.05, 0) is 17.7 Å². The number of nitriles is 1. The molecule has 1 unspecified atom stereocenters. The Balaban J connectivity index is 2.13. The van der Waals surface area contributed by atoms with E-state index in [9.17, 15) is 5.26 Å². The number of ether oxygens (including phenoxy) is 1. The van der Waals surface area contributed by atoms with Gasteiger partial charge in [0.05, 0.1) is 13.2 Å². The van der Waals surface area contributed by atoms with E-state index in [4.69, 9.17) is 4.74 Å². The number of nitrogens with one attached hydrogen (secondary N) is 1. The minimum Gasteiger partial charge on any atom is -0.497 e. The molecule has 1 saturated heterocycles. The molecule has 1 atom stereocenters. The van der Waals surface area contributed by atoms with Gasteiger partial charge in [0.1, 0.15) is 11.8 Å². The molecular weight excluding hydrogens is 214 g/mol. The number of nitrogens with zero attached hydrogens (tertiary/aromatic N) is 2. The third kappa shape index (κ3) is 2.76. The quantitative estimate of drug-likeness (QED) is 0.848. The van der Waals surface area contributed by atoms with Crippen LogP contribution in [0.4, 0.5) is 0 Å². The topological polar surface area (TPSA) is 48.3 Å². The van der Waals surface area contributed by atoms with E-state index in [1.165, 1.54) is 0 Å². The van der Waals surface area contributed by atoms with Crippen molar-refractivity contribution in [3.63, 3.8) is 0 Å². The standard InChI is InChI=1S/C13H17N3O/c1-17-12-4-2-11(3-5-12)13(10-14)16-8-6-15-7-9-16/h2-5,13,15H,6-9H2,1H3. The average Bonchev–Trinajstić information content (AvgIpc) is 2.42. The van der Waals surface area contributed by atoms with Gasteiger partial charge in [-0.2, -0.15) is 5.26 Å². The predicted octanol–water partition coefficient (Wildman–Crippen LogP) is 1.17. The Bertz CT molecular complexity index is 390. The van der Waals surface area contributed by atoms with E-state index in [1.807, 2.05) is 24.3 Å². The zero-order chi connectivity index (χ0) is 12.1. The highest BCUT2D eigenvalue weighted by atomic mass is 16.5. The molecule has 1 aliphatic rings. The SMILES string of the molecule is COc1ccc(C(C#N)N2CCNCC2)cc1. The van der Waals surface area contributed by atoms with Crippen LogP contribution in [0.15, 0.2) is 24.3 Å². The molecule has 2 rings (SSSR count). The van der Waals surface area contributed by atoms with Crippen molar-refractivity contribution in [1.29, 1.82) is 5.26 Å². The Hall–Kier alpha value is -1.57. The van der Waals surface area contributed by atoms with Crippen molar-refractivity contribution in [3.8, 4) is 11.8 Å². The first kappa shape index (κ1) is 11.9. The maximum atomic E-state index is 9.31. The van der Waals surface area contributed by atoms with Gasteiger partial charge in [0, 0.05) is 26.2 Å². The number of piperazine rings is 1. The van der Waals surface area contributed by atoms with E-state index >= 15 is 0 Å². The number of rotatable bonds is 3. The van der Waals surface area contributed by atoms with Gasteiger partial charge in [-0.3, -0.25) is 4.90 Å². The Morgan fingerprint density at radius 2 is 1.94 bits per heavy atom. The van der Waals surface area contributed by atoms with Crippen molar-refractivity contribution < 1.29 is 4.74 Å². The van der Waals surface area contributed by atoms with Gasteiger partial charge in [0.2, 0.25) is 0 Å². The molecule has 0 saturated carbocycles. The molecule has 17 heavy (non-hydrogen) atoms. The molecule has 0 aliphatic carbocycles. The molecule has 1 N–H and O–H groups in total. The van der Waals surface area contributed by atoms with Gasteiger partial charge in [-0.1, -0.05) is 12.1 Å². The summed E-state index contributed by atoms with van der Waals surface area (Å²) >= 11 is 0. The fourth-order valence-electron chi connectivity index (χ4n) is 2.09. The van der Waals surface area contributed by atoms with Gasteiger partial charge in [0.15, 0.2) is 0 Å². The lowest BCUT2D eigenvalue weighted by Crippen LogP contribution is -2.44. The van der Waals surface area contributed by atoms with Crippen molar-refractivity contribution in [2.45, 2.75) is 6.04 Å². The molecule has 0 radical (unpaired) electrons. The zero-order valence-corrected chi connectivity index (χ0v) is 10.0. The summed E-state index contributed by atoms with van der Waals surface area (Å²) in [6.07, 6.45) is 0. The molecule has 1 aliphatic heterocycles. The molecule has 1 fully saturated rings. The lowest BCUT2D eigenvalue weighted by atomic mass is 10.1. The average molecular weight is 231 g/mol. The third-order valence-corrected chi connectivity index (χ3v) is 3.07. The van der Waals surface area contributed by atoms with Gasteiger partial charge in [-0.15, -0.1) is 0 Å². The van der Waals surface area contributed by atoms with Crippen LogP contribution < -0.4 is 10.1 Å². The van der Waals surface area contributed by atoms with Crippen LogP contribution in [0.3, 0.4) is 0 Å². The number of methoxy groups -OCH3 is 1. The largest absolute Gasteiger partial charge is 0.497 e. The highest BCUT2D eigenvalue weighted by molar-refractivity contribution is 5.31. The molecule has 1 heterocycles. The molecule has 90 valence electrons. The summed E-state index contributed by atoms with van der Waals surface area (Å²) in [5.41, 5.74) is 1.04. The van der Waals surface area contributed by atoms with Crippen molar-refractivity contribution in [2.24, 2.45) is 0 Å². The number of hydrogen-bond acceptors (Lipinski definition) is 4. The summed E-state index contributed by atoms with van der Waals surface area (Å²) in [6.45, 7) is 3.75. The minimum atomic E-state index is -0.150. The van der Waals surface area contributed by atoms with E-state index in [0.29, 0.717) is 0 Å². The maximum Gasteiger partial charge on any atom is 0.123 e. The third-order valence-electron chi connectivity index (χ3n) is 3.07. The summed E-state index contributed by atoms with van der Waals surface area (Å²) < 4.78 is 5.12. The van der Waals surface area contributed by atoms with Crippen molar-refractivity contribution in [1.82, 2.24) is 10.2 Å². The first-order valence-corrected chi connectivity index (χ1v) is 5.83. The second-order valence-corrected chi connectivity index (χ2v) is 4.09. The van der Waals surface area contributed by atoms with Crippen LogP contribution in [0.1, 0.15) is 11.6 Å². The van der Waals surface area contributed by atoms with Crippen molar-refractivity contribution >= 4 is 0 Å². The summed E-state index contributed by atoms with van der Waals surface area (Å²) in [5, 5.41) is 12.6. The van der Waals surface area contributed by atoms with Crippen LogP contribution in [0.25, 0.3) is 0 Å². The van der Waals surface area contributed by atoms with Crippen LogP contribution in [-0.2, 0) is 0 Å². The second kappa shape index (κ2) is 5.67. The van der Waals surface area contributed by atoms with Crippen LogP contribution >= 0.6 is 0 Å². The number of benzene rings is 1. The molecule has 0 amide bonds. The van der Waals surface area contributed by atoms with E-state index in [0.717, 1.165) is 37.5 Å². The summed E-state index contributed by atoms with van der Waals surface area (Å²) in [6, 6.07) is 9.98. The zero-order valence-electron chi connectivity index (χ0n) is 10.0. The smallest absolute Gasteiger partial charge is 0.123 e. The Kier molecular flexibility index (Phi) is 3.97. The van der Waals surface area contributed by atoms with Gasteiger partial charge in [0.25, 0.3) is 0 Å². The maximum absolute atomic E-state index is 9.31. The first-order valence-electron chi connectivity index (χ1n) is 5.83. The lowest BCUT2D eigenvalue weighted by molar-refractivity contribution is 0.207. The molecule has 1 aromatic carbocycles. The first-order chi connectivity index (χ1) is 8.35. The molecule has 0 bridgehead atoms. The Morgan fingerprint density at radius 3 is 2.47 bits per heavy atom. The fraction of sp³-hybridized carbons (Fsp3) is 0.462. The molecule has 0 aromatic heterocycles. The van der Waals surface area contributed by atoms with Crippen LogP contribution in [-0.4, -0.2) is 38.2 Å². The minimum absolute atomic E-state index is 0.150. The molecule has 4 nitrogen and oxygen atoms in total. The molecule has 4 heteroatoms. The van der Waals surface area contributed by atoms with E-state index in [1.54, 1.807) is 7.11 Å². The number of hydrogen-bond donors (Lipinski definition) is 1. The molecule has 1 aromatic rings.